The second-order valence-corrected chi connectivity index (χ2v) is 3.30. The number of benzene rings is 1. The number of non-ortho nitro benzene ring substituents is 1. The maximum Gasteiger partial charge on any atom is 0.279 e. The molecule has 86 valence electrons. The van der Waals surface area contributed by atoms with Crippen LogP contribution in [0.3, 0.4) is 0 Å². The zero-order chi connectivity index (χ0) is 12.4. The zero-order valence-corrected chi connectivity index (χ0v) is 8.49. The van der Waals surface area contributed by atoms with E-state index in [1.54, 1.807) is 12.1 Å². The quantitative estimate of drug-likeness (QED) is 0.648. The molecule has 1 aromatic carbocycles. The first-order chi connectivity index (χ1) is 8.09. The Morgan fingerprint density at radius 1 is 1.24 bits per heavy atom. The summed E-state index contributed by atoms with van der Waals surface area (Å²) in [4.78, 5) is 22.8. The van der Waals surface area contributed by atoms with E-state index in [1.165, 1.54) is 18.3 Å². The maximum atomic E-state index is 10.8. The molecule has 0 radical (unpaired) electrons. The Bertz CT molecular complexity index is 630. The molecule has 0 fully saturated rings. The minimum atomic E-state index is -0.617. The van der Waals surface area contributed by atoms with Crippen molar-refractivity contribution in [3.8, 4) is 0 Å². The van der Waals surface area contributed by atoms with Gasteiger partial charge >= 0.3 is 0 Å². The van der Waals surface area contributed by atoms with E-state index < -0.39 is 9.85 Å². The van der Waals surface area contributed by atoms with Crippen LogP contribution in [0.1, 0.15) is 5.56 Å². The molecule has 0 spiro atoms. The van der Waals surface area contributed by atoms with Gasteiger partial charge in [0.1, 0.15) is 0 Å². The van der Waals surface area contributed by atoms with Crippen LogP contribution in [-0.4, -0.2) is 14.8 Å². The lowest BCUT2D eigenvalue weighted by Gasteiger charge is -1.94. The molecule has 7 heteroatoms. The summed E-state index contributed by atoms with van der Waals surface area (Å²) < 4.78 is 0. The van der Waals surface area contributed by atoms with Crippen molar-refractivity contribution in [2.24, 2.45) is 0 Å². The summed E-state index contributed by atoms with van der Waals surface area (Å²) in [6.07, 6.45) is 3.48. The minimum Gasteiger partial charge on any atom is -0.360 e. The summed E-state index contributed by atoms with van der Waals surface area (Å²) in [7, 11) is 0. The fourth-order valence-electron chi connectivity index (χ4n) is 1.62. The molecule has 1 N–H and O–H groups in total. The normalized spacial score (nSPS) is 11.1. The third-order valence-corrected chi connectivity index (χ3v) is 2.29. The van der Waals surface area contributed by atoms with Gasteiger partial charge in [0.15, 0.2) is 0 Å². The molecule has 0 atom stereocenters. The fourth-order valence-corrected chi connectivity index (χ4v) is 1.62. The number of nitrogens with zero attached hydrogens (tertiary/aromatic N) is 2. The van der Waals surface area contributed by atoms with E-state index in [4.69, 9.17) is 0 Å². The predicted molar refractivity (Wildman–Crippen MR) is 61.0 cm³/mol. The largest absolute Gasteiger partial charge is 0.360 e. The van der Waals surface area contributed by atoms with Gasteiger partial charge in [0.2, 0.25) is 6.20 Å². The predicted octanol–water partition coefficient (Wildman–Crippen LogP) is 2.32. The molecular formula is C10H7N3O4. The summed E-state index contributed by atoms with van der Waals surface area (Å²) in [5, 5.41) is 21.4. The summed E-state index contributed by atoms with van der Waals surface area (Å²) in [5.41, 5.74) is 0.915. The zero-order valence-electron chi connectivity index (χ0n) is 8.49. The Kier molecular flexibility index (Phi) is 2.57. The van der Waals surface area contributed by atoms with Crippen molar-refractivity contribution in [1.29, 1.82) is 0 Å². The third kappa shape index (κ3) is 1.98. The van der Waals surface area contributed by atoms with E-state index in [-0.39, 0.29) is 5.69 Å². The molecule has 2 aromatic rings. The van der Waals surface area contributed by atoms with Crippen molar-refractivity contribution >= 4 is 22.7 Å². The fraction of sp³-hybridized carbons (Fsp3) is 0. The van der Waals surface area contributed by atoms with Crippen molar-refractivity contribution in [2.75, 3.05) is 0 Å². The molecule has 0 amide bonds. The van der Waals surface area contributed by atoms with E-state index in [0.29, 0.717) is 16.5 Å². The maximum absolute atomic E-state index is 10.8. The molecule has 7 nitrogen and oxygen atoms in total. The number of nitro benzene ring substituents is 1. The monoisotopic (exact) mass is 233 g/mol. The van der Waals surface area contributed by atoms with E-state index in [0.717, 1.165) is 6.20 Å². The lowest BCUT2D eigenvalue weighted by Crippen LogP contribution is -1.89. The Labute approximate surface area is 94.7 Å². The van der Waals surface area contributed by atoms with Gasteiger partial charge in [-0.3, -0.25) is 20.2 Å². The molecule has 17 heavy (non-hydrogen) atoms. The highest BCUT2D eigenvalue weighted by atomic mass is 16.6. The summed E-state index contributed by atoms with van der Waals surface area (Å²) in [6, 6.07) is 4.59. The Morgan fingerprint density at radius 2 is 2.00 bits per heavy atom. The average Bonchev–Trinajstić information content (AvgIpc) is 2.69. The number of hydrogen-bond donors (Lipinski definition) is 1. The first-order valence-corrected chi connectivity index (χ1v) is 4.66. The number of rotatable bonds is 3. The topological polar surface area (TPSA) is 102 Å². The van der Waals surface area contributed by atoms with Gasteiger partial charge in [-0.2, -0.15) is 0 Å². The van der Waals surface area contributed by atoms with E-state index >= 15 is 0 Å². The van der Waals surface area contributed by atoms with Crippen LogP contribution in [0, 0.1) is 20.2 Å². The van der Waals surface area contributed by atoms with Gasteiger partial charge in [0.25, 0.3) is 5.69 Å². The number of aromatic amines is 1. The van der Waals surface area contributed by atoms with Gasteiger partial charge in [-0.05, 0) is 6.07 Å². The lowest BCUT2D eigenvalue weighted by molar-refractivity contribution is -0.400. The number of nitro groups is 2. The van der Waals surface area contributed by atoms with E-state index in [2.05, 4.69) is 4.98 Å². The van der Waals surface area contributed by atoms with Gasteiger partial charge < -0.3 is 4.98 Å². The second kappa shape index (κ2) is 4.05. The van der Waals surface area contributed by atoms with Crippen molar-refractivity contribution < 1.29 is 9.85 Å². The van der Waals surface area contributed by atoms with Crippen molar-refractivity contribution in [3.63, 3.8) is 0 Å². The Hall–Kier alpha value is -2.70. The molecule has 0 aliphatic rings. The van der Waals surface area contributed by atoms with Gasteiger partial charge in [0.05, 0.1) is 20.7 Å². The summed E-state index contributed by atoms with van der Waals surface area (Å²) in [6.45, 7) is 0. The van der Waals surface area contributed by atoms with Gasteiger partial charge in [0, 0.05) is 23.9 Å². The standard InChI is InChI=1S/C10H7N3O4/c14-12(15)5-4-7-6-11-8-2-1-3-9(10(7)8)13(16)17/h1-6,11H/b5-4+. The smallest absolute Gasteiger partial charge is 0.279 e. The molecule has 2 rings (SSSR count). The van der Waals surface area contributed by atoms with Crippen molar-refractivity contribution in [3.05, 3.63) is 56.4 Å². The van der Waals surface area contributed by atoms with Gasteiger partial charge in [-0.15, -0.1) is 0 Å². The lowest BCUT2D eigenvalue weighted by atomic mass is 10.1. The Balaban J connectivity index is 2.65. The molecular weight excluding hydrogens is 226 g/mol. The van der Waals surface area contributed by atoms with E-state index in [9.17, 15) is 20.2 Å². The van der Waals surface area contributed by atoms with Crippen LogP contribution in [0.15, 0.2) is 30.6 Å². The number of H-pyrrole nitrogens is 1. The van der Waals surface area contributed by atoms with Crippen LogP contribution >= 0.6 is 0 Å². The first-order valence-electron chi connectivity index (χ1n) is 4.66. The van der Waals surface area contributed by atoms with Crippen molar-refractivity contribution in [2.45, 2.75) is 0 Å². The molecule has 0 unspecified atom stereocenters. The number of fused-ring (bicyclic) bond motifs is 1. The average molecular weight is 233 g/mol. The number of aromatic nitrogens is 1. The van der Waals surface area contributed by atoms with Crippen LogP contribution in [0.25, 0.3) is 17.0 Å². The molecule has 1 aromatic heterocycles. The molecule has 0 saturated carbocycles. The van der Waals surface area contributed by atoms with Crippen LogP contribution in [0.2, 0.25) is 0 Å². The number of nitrogens with one attached hydrogen (secondary N) is 1. The van der Waals surface area contributed by atoms with Crippen LogP contribution < -0.4 is 0 Å². The second-order valence-electron chi connectivity index (χ2n) is 3.30. The van der Waals surface area contributed by atoms with Gasteiger partial charge in [-0.1, -0.05) is 6.07 Å². The van der Waals surface area contributed by atoms with Crippen LogP contribution in [0.4, 0.5) is 5.69 Å². The van der Waals surface area contributed by atoms with Crippen LogP contribution in [0.5, 0.6) is 0 Å². The summed E-state index contributed by atoms with van der Waals surface area (Å²) in [5.74, 6) is 0. The van der Waals surface area contributed by atoms with Crippen molar-refractivity contribution in [1.82, 2.24) is 4.98 Å². The third-order valence-electron chi connectivity index (χ3n) is 2.29. The highest BCUT2D eigenvalue weighted by Gasteiger charge is 2.15. The highest BCUT2D eigenvalue weighted by molar-refractivity contribution is 5.96. The Morgan fingerprint density at radius 3 is 2.65 bits per heavy atom. The molecule has 0 aliphatic heterocycles. The van der Waals surface area contributed by atoms with Crippen LogP contribution in [-0.2, 0) is 0 Å². The molecule has 0 saturated heterocycles. The molecule has 0 bridgehead atoms. The minimum absolute atomic E-state index is 0.0771. The molecule has 1 heterocycles. The van der Waals surface area contributed by atoms with Gasteiger partial charge in [-0.25, -0.2) is 0 Å². The van der Waals surface area contributed by atoms with E-state index in [1.807, 2.05) is 0 Å². The SMILES string of the molecule is O=[N+]([O-])/C=C/c1c[nH]c2cccc([N+](=O)[O-])c12. The molecule has 0 aliphatic carbocycles. The first kappa shape index (κ1) is 10.8. The number of hydrogen-bond acceptors (Lipinski definition) is 4. The highest BCUT2D eigenvalue weighted by Crippen LogP contribution is 2.29. The summed E-state index contributed by atoms with van der Waals surface area (Å²) >= 11 is 0.